The van der Waals surface area contributed by atoms with Gasteiger partial charge in [-0.15, -0.1) is 0 Å². The maximum Gasteiger partial charge on any atom is 0.0652 e. The summed E-state index contributed by atoms with van der Waals surface area (Å²) in [4.78, 5) is 0. The maximum atomic E-state index is 6.20. The van der Waals surface area contributed by atoms with E-state index in [4.69, 9.17) is 34.8 Å². The van der Waals surface area contributed by atoms with Gasteiger partial charge in [0.15, 0.2) is 0 Å². The van der Waals surface area contributed by atoms with Gasteiger partial charge in [0.25, 0.3) is 0 Å². The second-order valence-corrected chi connectivity index (χ2v) is 5.97. The van der Waals surface area contributed by atoms with Crippen molar-refractivity contribution in [1.29, 1.82) is 0 Å². The van der Waals surface area contributed by atoms with E-state index in [0.29, 0.717) is 21.6 Å². The predicted octanol–water partition coefficient (Wildman–Crippen LogP) is 5.81. The normalized spacial score (nSPS) is 12.4. The van der Waals surface area contributed by atoms with Gasteiger partial charge in [-0.1, -0.05) is 59.1 Å². The molecule has 2 aromatic rings. The van der Waals surface area contributed by atoms with Crippen molar-refractivity contribution in [3.8, 4) is 0 Å². The van der Waals surface area contributed by atoms with E-state index in [1.807, 2.05) is 12.1 Å². The molecule has 1 unspecified atom stereocenters. The fourth-order valence-corrected chi connectivity index (χ4v) is 2.85. The molecule has 0 saturated carbocycles. The summed E-state index contributed by atoms with van der Waals surface area (Å²) in [6.07, 6.45) is 0. The number of halogens is 3. The second-order valence-electron chi connectivity index (χ2n) is 4.78. The molecule has 0 spiro atoms. The van der Waals surface area contributed by atoms with Gasteiger partial charge in [-0.05, 0) is 37.1 Å². The lowest BCUT2D eigenvalue weighted by atomic mass is 10.0. The van der Waals surface area contributed by atoms with Crippen LogP contribution in [-0.4, -0.2) is 0 Å². The first-order valence-corrected chi connectivity index (χ1v) is 7.55. The van der Waals surface area contributed by atoms with Crippen LogP contribution in [0.15, 0.2) is 36.4 Å². The highest BCUT2D eigenvalue weighted by Gasteiger charge is 2.12. The Hall–Kier alpha value is -0.730. The molecule has 0 bridgehead atoms. The quantitative estimate of drug-likeness (QED) is 0.699. The molecule has 1 N–H and O–H groups in total. The first kappa shape index (κ1) is 15.7. The highest BCUT2D eigenvalue weighted by molar-refractivity contribution is 6.44. The molecule has 2 aromatic carbocycles. The summed E-state index contributed by atoms with van der Waals surface area (Å²) in [5, 5.41) is 5.11. The van der Waals surface area contributed by atoms with Gasteiger partial charge in [0, 0.05) is 23.2 Å². The van der Waals surface area contributed by atoms with Crippen molar-refractivity contribution in [1.82, 2.24) is 5.32 Å². The molecule has 20 heavy (non-hydrogen) atoms. The Bertz CT molecular complexity index is 611. The standard InChI is InChI=1S/C16H16Cl3N/c1-10-5-3-4-6-12(10)11(2)20-9-13-14(17)7-8-15(18)16(13)19/h3-8,11,20H,9H2,1-2H3. The van der Waals surface area contributed by atoms with E-state index in [1.54, 1.807) is 12.1 Å². The number of rotatable bonds is 4. The lowest BCUT2D eigenvalue weighted by Gasteiger charge is -2.18. The van der Waals surface area contributed by atoms with E-state index >= 15 is 0 Å². The van der Waals surface area contributed by atoms with Gasteiger partial charge in [-0.3, -0.25) is 0 Å². The van der Waals surface area contributed by atoms with Crippen molar-refractivity contribution in [2.24, 2.45) is 0 Å². The van der Waals surface area contributed by atoms with Gasteiger partial charge in [0.05, 0.1) is 10.0 Å². The van der Waals surface area contributed by atoms with Crippen molar-refractivity contribution >= 4 is 34.8 Å². The highest BCUT2D eigenvalue weighted by atomic mass is 35.5. The van der Waals surface area contributed by atoms with Crippen molar-refractivity contribution < 1.29 is 0 Å². The molecule has 0 heterocycles. The molecule has 1 atom stereocenters. The van der Waals surface area contributed by atoms with Gasteiger partial charge < -0.3 is 5.32 Å². The Morgan fingerprint density at radius 2 is 1.65 bits per heavy atom. The van der Waals surface area contributed by atoms with E-state index in [9.17, 15) is 0 Å². The minimum atomic E-state index is 0.210. The van der Waals surface area contributed by atoms with Crippen LogP contribution in [0.25, 0.3) is 0 Å². The zero-order valence-corrected chi connectivity index (χ0v) is 13.7. The molecule has 0 fully saturated rings. The second kappa shape index (κ2) is 6.82. The molecule has 0 radical (unpaired) electrons. The average molecular weight is 329 g/mol. The molecule has 0 saturated heterocycles. The summed E-state index contributed by atoms with van der Waals surface area (Å²) < 4.78 is 0. The van der Waals surface area contributed by atoms with E-state index in [-0.39, 0.29) is 6.04 Å². The van der Waals surface area contributed by atoms with Gasteiger partial charge >= 0.3 is 0 Å². The fourth-order valence-electron chi connectivity index (χ4n) is 2.17. The third-order valence-corrected chi connectivity index (χ3v) is 4.58. The number of benzene rings is 2. The SMILES string of the molecule is Cc1ccccc1C(C)NCc1c(Cl)ccc(Cl)c1Cl. The smallest absolute Gasteiger partial charge is 0.0652 e. The lowest BCUT2D eigenvalue weighted by molar-refractivity contribution is 0.572. The monoisotopic (exact) mass is 327 g/mol. The summed E-state index contributed by atoms with van der Waals surface area (Å²) >= 11 is 18.4. The van der Waals surface area contributed by atoms with Gasteiger partial charge in [0.2, 0.25) is 0 Å². The van der Waals surface area contributed by atoms with Crippen LogP contribution in [0, 0.1) is 6.92 Å². The van der Waals surface area contributed by atoms with E-state index in [2.05, 4.69) is 31.3 Å². The van der Waals surface area contributed by atoms with Crippen LogP contribution < -0.4 is 5.32 Å². The van der Waals surface area contributed by atoms with Gasteiger partial charge in [-0.25, -0.2) is 0 Å². The topological polar surface area (TPSA) is 12.0 Å². The van der Waals surface area contributed by atoms with Crippen LogP contribution >= 0.6 is 34.8 Å². The molecule has 106 valence electrons. The molecule has 0 aromatic heterocycles. The van der Waals surface area contributed by atoms with E-state index in [1.165, 1.54) is 11.1 Å². The maximum absolute atomic E-state index is 6.20. The van der Waals surface area contributed by atoms with Crippen LogP contribution in [0.1, 0.15) is 29.7 Å². The molecule has 1 nitrogen and oxygen atoms in total. The Labute approximate surface area is 134 Å². The van der Waals surface area contributed by atoms with Crippen LogP contribution in [0.3, 0.4) is 0 Å². The predicted molar refractivity (Wildman–Crippen MR) is 87.9 cm³/mol. The fraction of sp³-hybridized carbons (Fsp3) is 0.250. The van der Waals surface area contributed by atoms with Crippen LogP contribution in [0.5, 0.6) is 0 Å². The minimum absolute atomic E-state index is 0.210. The highest BCUT2D eigenvalue weighted by Crippen LogP contribution is 2.31. The summed E-state index contributed by atoms with van der Waals surface area (Å²) in [5.74, 6) is 0. The van der Waals surface area contributed by atoms with Crippen LogP contribution in [-0.2, 0) is 6.54 Å². The van der Waals surface area contributed by atoms with Crippen molar-refractivity contribution in [2.45, 2.75) is 26.4 Å². The van der Waals surface area contributed by atoms with Gasteiger partial charge in [0.1, 0.15) is 0 Å². The molecule has 0 aliphatic rings. The third kappa shape index (κ3) is 3.48. The third-order valence-electron chi connectivity index (χ3n) is 3.38. The molecular formula is C16H16Cl3N. The summed E-state index contributed by atoms with van der Waals surface area (Å²) in [5.41, 5.74) is 3.36. The summed E-state index contributed by atoms with van der Waals surface area (Å²) in [7, 11) is 0. The van der Waals surface area contributed by atoms with Crippen LogP contribution in [0.4, 0.5) is 0 Å². The van der Waals surface area contributed by atoms with Crippen molar-refractivity contribution in [2.75, 3.05) is 0 Å². The molecule has 0 aliphatic carbocycles. The van der Waals surface area contributed by atoms with Crippen molar-refractivity contribution in [3.63, 3.8) is 0 Å². The first-order valence-electron chi connectivity index (χ1n) is 6.42. The molecule has 0 aliphatic heterocycles. The Morgan fingerprint density at radius 3 is 2.35 bits per heavy atom. The van der Waals surface area contributed by atoms with Gasteiger partial charge in [-0.2, -0.15) is 0 Å². The number of nitrogens with one attached hydrogen (secondary N) is 1. The Kier molecular flexibility index (Phi) is 5.34. The molecular weight excluding hydrogens is 313 g/mol. The van der Waals surface area contributed by atoms with Crippen LogP contribution in [0.2, 0.25) is 15.1 Å². The molecule has 2 rings (SSSR count). The lowest BCUT2D eigenvalue weighted by Crippen LogP contribution is -2.19. The largest absolute Gasteiger partial charge is 0.306 e. The summed E-state index contributed by atoms with van der Waals surface area (Å²) in [6.45, 7) is 4.80. The average Bonchev–Trinajstić information content (AvgIpc) is 2.43. The Balaban J connectivity index is 2.14. The zero-order chi connectivity index (χ0) is 14.7. The number of hydrogen-bond donors (Lipinski definition) is 1. The van der Waals surface area contributed by atoms with Crippen molar-refractivity contribution in [3.05, 3.63) is 68.2 Å². The van der Waals surface area contributed by atoms with E-state index < -0.39 is 0 Å². The summed E-state index contributed by atoms with van der Waals surface area (Å²) in [6, 6.07) is 12.0. The first-order chi connectivity index (χ1) is 9.50. The minimum Gasteiger partial charge on any atom is -0.306 e. The molecule has 4 heteroatoms. The van der Waals surface area contributed by atoms with E-state index in [0.717, 1.165) is 5.56 Å². The zero-order valence-electron chi connectivity index (χ0n) is 11.4. The molecule has 0 amide bonds. The number of aryl methyl sites for hydroxylation is 1. The number of hydrogen-bond acceptors (Lipinski definition) is 1. The Morgan fingerprint density at radius 1 is 1.00 bits per heavy atom.